The van der Waals surface area contributed by atoms with Crippen molar-refractivity contribution >= 4 is 11.8 Å². The van der Waals surface area contributed by atoms with E-state index in [1.54, 1.807) is 0 Å². The molecule has 1 unspecified atom stereocenters. The monoisotopic (exact) mass is 435 g/mol. The molecule has 2 fully saturated rings. The minimum Gasteiger partial charge on any atom is -0.375 e. The van der Waals surface area contributed by atoms with Crippen LogP contribution in [0, 0.1) is 0 Å². The summed E-state index contributed by atoms with van der Waals surface area (Å²) in [6.07, 6.45) is 6.95. The molecule has 1 aromatic heterocycles. The lowest BCUT2D eigenvalue weighted by molar-refractivity contribution is 0.0529. The zero-order valence-corrected chi connectivity index (χ0v) is 19.5. The lowest BCUT2D eigenvalue weighted by Gasteiger charge is -2.32. The van der Waals surface area contributed by atoms with Crippen LogP contribution < -0.4 is 15.5 Å². The molecule has 1 aliphatic carbocycles. The van der Waals surface area contributed by atoms with Crippen LogP contribution in [0.2, 0.25) is 0 Å². The molecule has 172 valence electrons. The highest BCUT2D eigenvalue weighted by atomic mass is 16.5. The van der Waals surface area contributed by atoms with Crippen LogP contribution in [0.1, 0.15) is 56.6 Å². The van der Waals surface area contributed by atoms with Crippen molar-refractivity contribution in [2.24, 2.45) is 4.99 Å². The average Bonchev–Trinajstić information content (AvgIpc) is 2.84. The SMILES string of the molecule is CCNC(=NCc1ccnc(N2CCOC(C)C2)c1)NC1CCC(c2ccccc2)CC1. The first-order chi connectivity index (χ1) is 15.7. The van der Waals surface area contributed by atoms with Crippen molar-refractivity contribution in [1.29, 1.82) is 0 Å². The summed E-state index contributed by atoms with van der Waals surface area (Å²) in [5.41, 5.74) is 2.66. The van der Waals surface area contributed by atoms with Crippen molar-refractivity contribution in [2.45, 2.75) is 64.1 Å². The van der Waals surface area contributed by atoms with Gasteiger partial charge in [0.1, 0.15) is 5.82 Å². The van der Waals surface area contributed by atoms with Crippen LogP contribution in [0.5, 0.6) is 0 Å². The molecule has 1 saturated carbocycles. The van der Waals surface area contributed by atoms with Crippen LogP contribution in [0.3, 0.4) is 0 Å². The average molecular weight is 436 g/mol. The van der Waals surface area contributed by atoms with E-state index in [0.717, 1.165) is 38.0 Å². The first-order valence-electron chi connectivity index (χ1n) is 12.1. The molecule has 0 bridgehead atoms. The van der Waals surface area contributed by atoms with E-state index in [9.17, 15) is 0 Å². The second kappa shape index (κ2) is 11.3. The number of rotatable bonds is 6. The number of aromatic nitrogens is 1. The van der Waals surface area contributed by atoms with Crippen LogP contribution >= 0.6 is 0 Å². The lowest BCUT2D eigenvalue weighted by atomic mass is 9.82. The zero-order chi connectivity index (χ0) is 22.2. The number of aliphatic imine (C=N–C) groups is 1. The molecule has 0 spiro atoms. The Bertz CT molecular complexity index is 864. The topological polar surface area (TPSA) is 61.8 Å². The van der Waals surface area contributed by atoms with Gasteiger partial charge in [-0.15, -0.1) is 0 Å². The standard InChI is InChI=1S/C26H37N5O/c1-3-27-26(30-24-11-9-23(10-12-24)22-7-5-4-6-8-22)29-18-21-13-14-28-25(17-21)31-15-16-32-20(2)19-31/h4-8,13-14,17,20,23-24H,3,9-12,15-16,18-19H2,1-2H3,(H2,27,29,30). The molecule has 6 nitrogen and oxygen atoms in total. The molecule has 32 heavy (non-hydrogen) atoms. The Morgan fingerprint density at radius 1 is 1.16 bits per heavy atom. The van der Waals surface area contributed by atoms with E-state index in [2.05, 4.69) is 76.8 Å². The normalized spacial score (nSPS) is 24.2. The van der Waals surface area contributed by atoms with E-state index in [0.29, 0.717) is 18.5 Å². The summed E-state index contributed by atoms with van der Waals surface area (Å²) in [7, 11) is 0. The van der Waals surface area contributed by atoms with Gasteiger partial charge in [-0.1, -0.05) is 30.3 Å². The third-order valence-corrected chi connectivity index (χ3v) is 6.48. The minimum absolute atomic E-state index is 0.244. The number of nitrogens with zero attached hydrogens (tertiary/aromatic N) is 3. The fourth-order valence-electron chi connectivity index (χ4n) is 4.74. The van der Waals surface area contributed by atoms with Gasteiger partial charge in [0.2, 0.25) is 0 Å². The van der Waals surface area contributed by atoms with E-state index in [-0.39, 0.29) is 6.10 Å². The van der Waals surface area contributed by atoms with Gasteiger partial charge in [0.25, 0.3) is 0 Å². The first-order valence-corrected chi connectivity index (χ1v) is 12.1. The Balaban J connectivity index is 1.33. The van der Waals surface area contributed by atoms with Gasteiger partial charge < -0.3 is 20.3 Å². The summed E-state index contributed by atoms with van der Waals surface area (Å²) in [6.45, 7) is 8.26. The Morgan fingerprint density at radius 3 is 2.72 bits per heavy atom. The molecule has 1 atom stereocenters. The molecule has 1 aromatic carbocycles. The van der Waals surface area contributed by atoms with E-state index in [1.807, 2.05) is 6.20 Å². The summed E-state index contributed by atoms with van der Waals surface area (Å²) >= 11 is 0. The van der Waals surface area contributed by atoms with Crippen LogP contribution in [0.4, 0.5) is 5.82 Å². The molecule has 0 amide bonds. The van der Waals surface area contributed by atoms with Gasteiger partial charge in [-0.3, -0.25) is 0 Å². The van der Waals surface area contributed by atoms with Crippen molar-refractivity contribution in [3.63, 3.8) is 0 Å². The maximum absolute atomic E-state index is 5.66. The molecule has 2 aliphatic rings. The van der Waals surface area contributed by atoms with Gasteiger partial charge >= 0.3 is 0 Å². The molecule has 1 saturated heterocycles. The molecular formula is C26H37N5O. The summed E-state index contributed by atoms with van der Waals surface area (Å²) < 4.78 is 5.66. The number of guanidine groups is 1. The van der Waals surface area contributed by atoms with Crippen LogP contribution in [0.15, 0.2) is 53.7 Å². The molecule has 0 radical (unpaired) electrons. The first kappa shape index (κ1) is 22.6. The highest BCUT2D eigenvalue weighted by molar-refractivity contribution is 5.80. The summed E-state index contributed by atoms with van der Waals surface area (Å²) in [4.78, 5) is 11.8. The number of benzene rings is 1. The van der Waals surface area contributed by atoms with E-state index < -0.39 is 0 Å². The fraction of sp³-hybridized carbons (Fsp3) is 0.538. The van der Waals surface area contributed by atoms with Crippen molar-refractivity contribution in [3.05, 3.63) is 59.8 Å². The predicted molar refractivity (Wildman–Crippen MR) is 131 cm³/mol. The Kier molecular flexibility index (Phi) is 7.99. The van der Waals surface area contributed by atoms with Crippen molar-refractivity contribution < 1.29 is 4.74 Å². The van der Waals surface area contributed by atoms with Gasteiger partial charge in [-0.05, 0) is 68.7 Å². The Hall–Kier alpha value is -2.60. The van der Waals surface area contributed by atoms with Gasteiger partial charge in [0, 0.05) is 31.9 Å². The summed E-state index contributed by atoms with van der Waals surface area (Å²) in [5.74, 6) is 2.62. The number of nitrogens with one attached hydrogen (secondary N) is 2. The largest absolute Gasteiger partial charge is 0.375 e. The number of morpholine rings is 1. The molecule has 2 N–H and O–H groups in total. The van der Waals surface area contributed by atoms with Crippen LogP contribution in [-0.4, -0.2) is 49.3 Å². The minimum atomic E-state index is 0.244. The van der Waals surface area contributed by atoms with E-state index >= 15 is 0 Å². The van der Waals surface area contributed by atoms with E-state index in [1.165, 1.54) is 36.8 Å². The molecule has 2 aromatic rings. The van der Waals surface area contributed by atoms with Crippen LogP contribution in [-0.2, 0) is 11.3 Å². The second-order valence-electron chi connectivity index (χ2n) is 8.95. The van der Waals surface area contributed by atoms with Gasteiger partial charge in [0.15, 0.2) is 5.96 Å². The number of pyridine rings is 1. The summed E-state index contributed by atoms with van der Waals surface area (Å²) in [6, 6.07) is 15.6. The number of hydrogen-bond donors (Lipinski definition) is 2. The zero-order valence-electron chi connectivity index (χ0n) is 19.5. The van der Waals surface area contributed by atoms with Gasteiger partial charge in [-0.2, -0.15) is 0 Å². The third kappa shape index (κ3) is 6.22. The number of anilines is 1. The van der Waals surface area contributed by atoms with Crippen LogP contribution in [0.25, 0.3) is 0 Å². The highest BCUT2D eigenvalue weighted by Gasteiger charge is 2.23. The van der Waals surface area contributed by atoms with Gasteiger partial charge in [0.05, 0.1) is 19.3 Å². The molecular weight excluding hydrogens is 398 g/mol. The third-order valence-electron chi connectivity index (χ3n) is 6.48. The predicted octanol–water partition coefficient (Wildman–Crippen LogP) is 4.09. The van der Waals surface area contributed by atoms with E-state index in [4.69, 9.17) is 9.73 Å². The molecule has 2 heterocycles. The van der Waals surface area contributed by atoms with Crippen molar-refractivity contribution in [2.75, 3.05) is 31.1 Å². The van der Waals surface area contributed by atoms with Gasteiger partial charge in [-0.25, -0.2) is 9.98 Å². The Morgan fingerprint density at radius 2 is 1.97 bits per heavy atom. The Labute approximate surface area is 192 Å². The second-order valence-corrected chi connectivity index (χ2v) is 8.95. The molecule has 6 heteroatoms. The van der Waals surface area contributed by atoms with Crippen molar-refractivity contribution in [3.8, 4) is 0 Å². The summed E-state index contributed by atoms with van der Waals surface area (Å²) in [5, 5.41) is 7.10. The molecule has 1 aliphatic heterocycles. The maximum atomic E-state index is 5.66. The highest BCUT2D eigenvalue weighted by Crippen LogP contribution is 2.32. The fourth-order valence-corrected chi connectivity index (χ4v) is 4.74. The maximum Gasteiger partial charge on any atom is 0.191 e. The number of ether oxygens (including phenoxy) is 1. The smallest absolute Gasteiger partial charge is 0.191 e. The lowest BCUT2D eigenvalue weighted by Crippen LogP contribution is -2.44. The quantitative estimate of drug-likeness (QED) is 0.529. The molecule has 4 rings (SSSR count). The van der Waals surface area contributed by atoms with Crippen molar-refractivity contribution in [1.82, 2.24) is 15.6 Å². The number of hydrogen-bond acceptors (Lipinski definition) is 4.